The number of halogens is 1. The molecule has 0 radical (unpaired) electrons. The molecule has 0 atom stereocenters. The average molecular weight is 383 g/mol. The summed E-state index contributed by atoms with van der Waals surface area (Å²) in [5.41, 5.74) is 0.607. The molecular formula is C15H15BrN2O3S. The number of nitrogens with one attached hydrogen (secondary N) is 1. The summed E-state index contributed by atoms with van der Waals surface area (Å²) in [4.78, 5) is 27.9. The number of amides is 1. The van der Waals surface area contributed by atoms with Crippen LogP contribution in [-0.4, -0.2) is 22.0 Å². The molecule has 0 saturated heterocycles. The van der Waals surface area contributed by atoms with Crippen molar-refractivity contribution in [1.82, 2.24) is 10.3 Å². The Morgan fingerprint density at radius 3 is 2.45 bits per heavy atom. The maximum absolute atomic E-state index is 12.4. The lowest BCUT2D eigenvalue weighted by atomic mass is 10.0. The van der Waals surface area contributed by atoms with Crippen LogP contribution < -0.4 is 5.32 Å². The molecule has 2 N–H and O–H groups in total. The second kappa shape index (κ2) is 6.18. The molecule has 0 bridgehead atoms. The van der Waals surface area contributed by atoms with Crippen molar-refractivity contribution < 1.29 is 14.7 Å². The minimum absolute atomic E-state index is 0.0578. The molecule has 0 spiro atoms. The van der Waals surface area contributed by atoms with Crippen molar-refractivity contribution in [2.75, 3.05) is 0 Å². The fraction of sp³-hybridized carbons (Fsp3) is 0.267. The Morgan fingerprint density at radius 1 is 1.27 bits per heavy atom. The number of carbonyl (C=O) groups is 2. The zero-order chi connectivity index (χ0) is 16.5. The van der Waals surface area contributed by atoms with Crippen LogP contribution in [0.15, 0.2) is 28.1 Å². The van der Waals surface area contributed by atoms with Crippen LogP contribution in [0, 0.1) is 6.92 Å². The molecule has 1 amide bonds. The number of benzene rings is 1. The summed E-state index contributed by atoms with van der Waals surface area (Å²) in [7, 11) is 0. The van der Waals surface area contributed by atoms with Gasteiger partial charge in [-0.1, -0.05) is 15.9 Å². The number of hydrogen-bond acceptors (Lipinski definition) is 4. The van der Waals surface area contributed by atoms with Crippen LogP contribution in [0.1, 0.15) is 45.3 Å². The lowest BCUT2D eigenvalue weighted by Crippen LogP contribution is -2.41. The third-order valence-electron chi connectivity index (χ3n) is 2.99. The van der Waals surface area contributed by atoms with Crippen LogP contribution in [0.5, 0.6) is 0 Å². The van der Waals surface area contributed by atoms with Gasteiger partial charge in [0.05, 0.1) is 11.1 Å². The van der Waals surface area contributed by atoms with E-state index in [1.165, 1.54) is 23.5 Å². The molecule has 0 saturated carbocycles. The van der Waals surface area contributed by atoms with Gasteiger partial charge in [0.25, 0.3) is 5.91 Å². The Bertz CT molecular complexity index is 740. The van der Waals surface area contributed by atoms with Crippen LogP contribution in [0.4, 0.5) is 0 Å². The van der Waals surface area contributed by atoms with Gasteiger partial charge in [0.1, 0.15) is 5.01 Å². The van der Waals surface area contributed by atoms with Gasteiger partial charge in [-0.05, 0) is 39.0 Å². The lowest BCUT2D eigenvalue weighted by Gasteiger charge is -2.24. The lowest BCUT2D eigenvalue weighted by molar-refractivity contribution is 0.0697. The minimum Gasteiger partial charge on any atom is -0.478 e. The van der Waals surface area contributed by atoms with Gasteiger partial charge in [0, 0.05) is 21.1 Å². The van der Waals surface area contributed by atoms with Crippen LogP contribution in [0.25, 0.3) is 0 Å². The predicted molar refractivity (Wildman–Crippen MR) is 88.4 cm³/mol. The zero-order valence-corrected chi connectivity index (χ0v) is 14.7. The second-order valence-corrected chi connectivity index (χ2v) is 7.18. The first-order chi connectivity index (χ1) is 10.2. The zero-order valence-electron chi connectivity index (χ0n) is 12.3. The van der Waals surface area contributed by atoms with E-state index in [2.05, 4.69) is 26.2 Å². The first-order valence-corrected chi connectivity index (χ1v) is 8.15. The predicted octanol–water partition coefficient (Wildman–Crippen LogP) is 3.58. The van der Waals surface area contributed by atoms with E-state index in [9.17, 15) is 9.59 Å². The molecule has 5 nitrogen and oxygen atoms in total. The molecule has 2 rings (SSSR count). The summed E-state index contributed by atoms with van der Waals surface area (Å²) < 4.78 is 0.542. The normalized spacial score (nSPS) is 11.3. The molecule has 22 heavy (non-hydrogen) atoms. The molecule has 0 aliphatic rings. The molecule has 2 aromatic rings. The fourth-order valence-corrected chi connectivity index (χ4v) is 3.27. The van der Waals surface area contributed by atoms with Crippen molar-refractivity contribution in [1.29, 1.82) is 0 Å². The molecule has 0 aliphatic carbocycles. The van der Waals surface area contributed by atoms with Gasteiger partial charge < -0.3 is 10.4 Å². The molecule has 0 fully saturated rings. The summed E-state index contributed by atoms with van der Waals surface area (Å²) in [6, 6.07) is 4.39. The van der Waals surface area contributed by atoms with E-state index in [1.807, 2.05) is 26.2 Å². The Labute approximate surface area is 140 Å². The van der Waals surface area contributed by atoms with Crippen LogP contribution >= 0.6 is 27.3 Å². The van der Waals surface area contributed by atoms with Gasteiger partial charge in [-0.3, -0.25) is 4.79 Å². The maximum Gasteiger partial charge on any atom is 0.335 e. The number of rotatable bonds is 4. The van der Waals surface area contributed by atoms with Crippen molar-refractivity contribution in [3.05, 3.63) is 49.9 Å². The molecule has 116 valence electrons. The van der Waals surface area contributed by atoms with E-state index in [1.54, 1.807) is 6.07 Å². The highest BCUT2D eigenvalue weighted by atomic mass is 79.9. The van der Waals surface area contributed by atoms with E-state index < -0.39 is 11.5 Å². The number of thiazole rings is 1. The van der Waals surface area contributed by atoms with Crippen LogP contribution in [-0.2, 0) is 5.54 Å². The van der Waals surface area contributed by atoms with E-state index in [0.29, 0.717) is 4.47 Å². The first-order valence-electron chi connectivity index (χ1n) is 6.48. The van der Waals surface area contributed by atoms with Crippen LogP contribution in [0.3, 0.4) is 0 Å². The summed E-state index contributed by atoms with van der Waals surface area (Å²) in [6.45, 7) is 5.61. The van der Waals surface area contributed by atoms with Gasteiger partial charge in [0.15, 0.2) is 0 Å². The molecule has 0 unspecified atom stereocenters. The second-order valence-electron chi connectivity index (χ2n) is 5.41. The van der Waals surface area contributed by atoms with Crippen LogP contribution in [0.2, 0.25) is 0 Å². The SMILES string of the molecule is Cc1csc(C(C)(C)NC(=O)c2cc(Br)cc(C(=O)O)c2)n1. The van der Waals surface area contributed by atoms with Crippen molar-refractivity contribution in [2.24, 2.45) is 0 Å². The Hall–Kier alpha value is -1.73. The number of carbonyl (C=O) groups excluding carboxylic acids is 1. The number of carboxylic acid groups (broad SMARTS) is 1. The van der Waals surface area contributed by atoms with Gasteiger partial charge in [0.2, 0.25) is 0 Å². The summed E-state index contributed by atoms with van der Waals surface area (Å²) >= 11 is 4.70. The average Bonchev–Trinajstić information content (AvgIpc) is 2.85. The number of carboxylic acids is 1. The van der Waals surface area contributed by atoms with Gasteiger partial charge in [-0.25, -0.2) is 9.78 Å². The number of aromatic carboxylic acids is 1. The van der Waals surface area contributed by atoms with Crippen molar-refractivity contribution in [3.8, 4) is 0 Å². The number of aryl methyl sites for hydroxylation is 1. The highest BCUT2D eigenvalue weighted by molar-refractivity contribution is 9.10. The standard InChI is InChI=1S/C15H15BrN2O3S/c1-8-7-22-14(17-8)15(2,3)18-12(19)9-4-10(13(20)21)6-11(16)5-9/h4-7H,1-3H3,(H,18,19)(H,20,21). The van der Waals surface area contributed by atoms with Gasteiger partial charge in [-0.2, -0.15) is 0 Å². The maximum atomic E-state index is 12.4. The van der Waals surface area contributed by atoms with E-state index in [0.717, 1.165) is 10.7 Å². The Kier molecular flexibility index (Phi) is 4.67. The van der Waals surface area contributed by atoms with Gasteiger partial charge in [-0.15, -0.1) is 11.3 Å². The Morgan fingerprint density at radius 2 is 1.91 bits per heavy atom. The smallest absolute Gasteiger partial charge is 0.335 e. The fourth-order valence-electron chi connectivity index (χ4n) is 1.89. The Balaban J connectivity index is 2.27. The van der Waals surface area contributed by atoms with E-state index in [-0.39, 0.29) is 17.0 Å². The molecular weight excluding hydrogens is 368 g/mol. The highest BCUT2D eigenvalue weighted by Gasteiger charge is 2.27. The third-order valence-corrected chi connectivity index (χ3v) is 4.73. The monoisotopic (exact) mass is 382 g/mol. The van der Waals surface area contributed by atoms with Crippen molar-refractivity contribution >= 4 is 39.1 Å². The molecule has 7 heteroatoms. The summed E-state index contributed by atoms with van der Waals surface area (Å²) in [6.07, 6.45) is 0. The largest absolute Gasteiger partial charge is 0.478 e. The highest BCUT2D eigenvalue weighted by Crippen LogP contribution is 2.25. The van der Waals surface area contributed by atoms with Crippen molar-refractivity contribution in [2.45, 2.75) is 26.3 Å². The number of hydrogen-bond donors (Lipinski definition) is 2. The van der Waals surface area contributed by atoms with E-state index >= 15 is 0 Å². The molecule has 0 aliphatic heterocycles. The summed E-state index contributed by atoms with van der Waals surface area (Å²) in [5.74, 6) is -1.42. The third kappa shape index (κ3) is 3.72. The molecule has 1 aromatic heterocycles. The first kappa shape index (κ1) is 16.6. The minimum atomic E-state index is -1.08. The van der Waals surface area contributed by atoms with Gasteiger partial charge >= 0.3 is 5.97 Å². The summed E-state index contributed by atoms with van der Waals surface area (Å²) in [5, 5.41) is 14.7. The van der Waals surface area contributed by atoms with Crippen molar-refractivity contribution in [3.63, 3.8) is 0 Å². The molecule has 1 aromatic carbocycles. The quantitative estimate of drug-likeness (QED) is 0.846. The molecule has 1 heterocycles. The number of aromatic nitrogens is 1. The van der Waals surface area contributed by atoms with E-state index in [4.69, 9.17) is 5.11 Å². The number of nitrogens with zero attached hydrogens (tertiary/aromatic N) is 1. The topological polar surface area (TPSA) is 79.3 Å².